The third-order valence-electron chi connectivity index (χ3n) is 3.69. The highest BCUT2D eigenvalue weighted by atomic mass is 16.5. The minimum atomic E-state index is -0.587. The van der Waals surface area contributed by atoms with Crippen molar-refractivity contribution in [3.63, 3.8) is 0 Å². The maximum atomic E-state index is 9.23. The van der Waals surface area contributed by atoms with E-state index < -0.39 is 5.41 Å². The van der Waals surface area contributed by atoms with Crippen molar-refractivity contribution in [1.82, 2.24) is 0 Å². The molecular formula is C13H22N2O4. The highest BCUT2D eigenvalue weighted by molar-refractivity contribution is 6.05. The van der Waals surface area contributed by atoms with E-state index in [2.05, 4.69) is 9.98 Å². The summed E-state index contributed by atoms with van der Waals surface area (Å²) in [5.41, 5.74) is -0.587. The van der Waals surface area contributed by atoms with Gasteiger partial charge in [-0.15, -0.1) is 0 Å². The standard InChI is InChI=1S/C13H22N2O4/c1-7-9(5-16)14-11(18-7)13(3,4)12-15-10(6-17)8(2)19-12/h7-10,16-17H,5-6H2,1-4H3/t7-,8-,9-,10-/m1/s1. The van der Waals surface area contributed by atoms with E-state index in [9.17, 15) is 10.2 Å². The fourth-order valence-corrected chi connectivity index (χ4v) is 2.17. The van der Waals surface area contributed by atoms with Crippen LogP contribution in [-0.2, 0) is 9.47 Å². The zero-order valence-corrected chi connectivity index (χ0v) is 11.8. The molecule has 0 bridgehead atoms. The summed E-state index contributed by atoms with van der Waals surface area (Å²) in [5.74, 6) is 1.06. The van der Waals surface area contributed by atoms with E-state index in [-0.39, 0.29) is 37.5 Å². The molecule has 0 aromatic carbocycles. The van der Waals surface area contributed by atoms with E-state index >= 15 is 0 Å². The quantitative estimate of drug-likeness (QED) is 0.773. The van der Waals surface area contributed by atoms with E-state index in [1.54, 1.807) is 0 Å². The third-order valence-corrected chi connectivity index (χ3v) is 3.69. The molecule has 0 radical (unpaired) electrons. The summed E-state index contributed by atoms with van der Waals surface area (Å²) in [6, 6.07) is -0.468. The van der Waals surface area contributed by atoms with Gasteiger partial charge in [-0.3, -0.25) is 0 Å². The van der Waals surface area contributed by atoms with Gasteiger partial charge in [0.15, 0.2) is 11.8 Å². The van der Waals surface area contributed by atoms with Gasteiger partial charge < -0.3 is 19.7 Å². The lowest BCUT2D eigenvalue weighted by atomic mass is 9.93. The first-order valence-electron chi connectivity index (χ1n) is 6.61. The minimum absolute atomic E-state index is 0.0379. The fraction of sp³-hybridized carbons (Fsp3) is 0.846. The van der Waals surface area contributed by atoms with Crippen molar-refractivity contribution in [2.75, 3.05) is 13.2 Å². The van der Waals surface area contributed by atoms with Crippen LogP contribution >= 0.6 is 0 Å². The van der Waals surface area contributed by atoms with Crippen LogP contribution < -0.4 is 0 Å². The van der Waals surface area contributed by atoms with Gasteiger partial charge in [0.05, 0.1) is 13.2 Å². The monoisotopic (exact) mass is 270 g/mol. The zero-order valence-electron chi connectivity index (χ0n) is 11.8. The number of aliphatic hydroxyl groups is 2. The van der Waals surface area contributed by atoms with Gasteiger partial charge in [0, 0.05) is 0 Å². The van der Waals surface area contributed by atoms with Crippen molar-refractivity contribution in [1.29, 1.82) is 0 Å². The molecule has 0 fully saturated rings. The Morgan fingerprint density at radius 3 is 1.58 bits per heavy atom. The van der Waals surface area contributed by atoms with Crippen LogP contribution in [0.2, 0.25) is 0 Å². The van der Waals surface area contributed by atoms with Crippen LogP contribution in [0.25, 0.3) is 0 Å². The lowest BCUT2D eigenvalue weighted by Gasteiger charge is -2.24. The smallest absolute Gasteiger partial charge is 0.199 e. The average Bonchev–Trinajstić information content (AvgIpc) is 2.92. The first-order chi connectivity index (χ1) is 8.90. The Labute approximate surface area is 113 Å². The number of hydrogen-bond donors (Lipinski definition) is 2. The van der Waals surface area contributed by atoms with E-state index in [0.29, 0.717) is 11.8 Å². The summed E-state index contributed by atoms with van der Waals surface area (Å²) in [6.07, 6.45) is -0.292. The topological polar surface area (TPSA) is 83.6 Å². The molecule has 19 heavy (non-hydrogen) atoms. The number of rotatable bonds is 4. The van der Waals surface area contributed by atoms with Crippen LogP contribution in [0.15, 0.2) is 9.98 Å². The van der Waals surface area contributed by atoms with Crippen LogP contribution in [0.3, 0.4) is 0 Å². The fourth-order valence-electron chi connectivity index (χ4n) is 2.17. The number of nitrogens with zero attached hydrogens (tertiary/aromatic N) is 2. The summed E-state index contributed by atoms with van der Waals surface area (Å²) in [6.45, 7) is 7.52. The molecule has 2 aliphatic heterocycles. The Kier molecular flexibility index (Phi) is 3.82. The maximum absolute atomic E-state index is 9.23. The van der Waals surface area contributed by atoms with Crippen LogP contribution in [0.1, 0.15) is 27.7 Å². The second-order valence-corrected chi connectivity index (χ2v) is 5.64. The molecule has 2 N–H and O–H groups in total. The van der Waals surface area contributed by atoms with Gasteiger partial charge in [-0.05, 0) is 27.7 Å². The number of aliphatic imine (C=N–C) groups is 2. The van der Waals surface area contributed by atoms with Gasteiger partial charge in [-0.2, -0.15) is 0 Å². The number of ether oxygens (including phenoxy) is 2. The molecule has 0 saturated carbocycles. The Morgan fingerprint density at radius 2 is 1.32 bits per heavy atom. The van der Waals surface area contributed by atoms with Gasteiger partial charge in [0.2, 0.25) is 0 Å². The Bertz CT molecular complexity index is 369. The van der Waals surface area contributed by atoms with Crippen LogP contribution in [-0.4, -0.2) is 59.5 Å². The molecule has 6 nitrogen and oxygen atoms in total. The zero-order chi connectivity index (χ0) is 14.2. The Morgan fingerprint density at radius 1 is 0.947 bits per heavy atom. The molecule has 0 amide bonds. The van der Waals surface area contributed by atoms with Crippen molar-refractivity contribution in [3.05, 3.63) is 0 Å². The summed E-state index contributed by atoms with van der Waals surface area (Å²) in [7, 11) is 0. The molecule has 0 aromatic heterocycles. The second-order valence-electron chi connectivity index (χ2n) is 5.64. The van der Waals surface area contributed by atoms with Crippen molar-refractivity contribution >= 4 is 11.8 Å². The van der Waals surface area contributed by atoms with Gasteiger partial charge >= 0.3 is 0 Å². The Hall–Kier alpha value is -1.14. The lowest BCUT2D eigenvalue weighted by Crippen LogP contribution is -2.35. The first-order valence-corrected chi connectivity index (χ1v) is 6.61. The third kappa shape index (κ3) is 2.47. The highest BCUT2D eigenvalue weighted by Gasteiger charge is 2.44. The number of aliphatic hydroxyl groups excluding tert-OH is 2. The molecule has 2 rings (SSSR count). The highest BCUT2D eigenvalue weighted by Crippen LogP contribution is 2.32. The number of hydrogen-bond acceptors (Lipinski definition) is 6. The largest absolute Gasteiger partial charge is 0.475 e. The molecule has 4 atom stereocenters. The molecule has 0 unspecified atom stereocenters. The summed E-state index contributed by atoms with van der Waals surface area (Å²) in [4.78, 5) is 8.80. The Balaban J connectivity index is 2.20. The minimum Gasteiger partial charge on any atom is -0.475 e. The van der Waals surface area contributed by atoms with E-state index in [4.69, 9.17) is 9.47 Å². The predicted octanol–water partition coefficient (Wildman–Crippen LogP) is 0.369. The first kappa shape index (κ1) is 14.3. The van der Waals surface area contributed by atoms with E-state index in [1.807, 2.05) is 27.7 Å². The normalized spacial score (nSPS) is 34.6. The van der Waals surface area contributed by atoms with E-state index in [1.165, 1.54) is 0 Å². The van der Waals surface area contributed by atoms with Crippen molar-refractivity contribution in [2.45, 2.75) is 52.0 Å². The van der Waals surface area contributed by atoms with Crippen molar-refractivity contribution in [2.24, 2.45) is 15.4 Å². The van der Waals surface area contributed by atoms with Crippen molar-refractivity contribution < 1.29 is 19.7 Å². The van der Waals surface area contributed by atoms with Crippen LogP contribution in [0, 0.1) is 5.41 Å². The molecule has 0 spiro atoms. The molecule has 0 saturated heterocycles. The molecule has 2 heterocycles. The molecule has 108 valence electrons. The van der Waals surface area contributed by atoms with Crippen LogP contribution in [0.4, 0.5) is 0 Å². The predicted molar refractivity (Wildman–Crippen MR) is 71.5 cm³/mol. The van der Waals surface area contributed by atoms with E-state index in [0.717, 1.165) is 0 Å². The lowest BCUT2D eigenvalue weighted by molar-refractivity contribution is 0.145. The average molecular weight is 270 g/mol. The SMILES string of the molecule is C[C@H]1OC(C(C)(C)C2=N[C@H](CO)[C@@H](C)O2)=N[C@@H]1CO. The molecule has 0 aliphatic carbocycles. The molecule has 6 heteroatoms. The van der Waals surface area contributed by atoms with Gasteiger partial charge in [-0.25, -0.2) is 9.98 Å². The van der Waals surface area contributed by atoms with Gasteiger partial charge in [0.1, 0.15) is 29.7 Å². The van der Waals surface area contributed by atoms with Gasteiger partial charge in [-0.1, -0.05) is 0 Å². The van der Waals surface area contributed by atoms with Gasteiger partial charge in [0.25, 0.3) is 0 Å². The van der Waals surface area contributed by atoms with Crippen molar-refractivity contribution in [3.8, 4) is 0 Å². The summed E-state index contributed by atoms with van der Waals surface area (Å²) >= 11 is 0. The molecule has 2 aliphatic rings. The second kappa shape index (κ2) is 5.09. The summed E-state index contributed by atoms with van der Waals surface area (Å²) in [5, 5.41) is 18.5. The molecule has 0 aromatic rings. The maximum Gasteiger partial charge on any atom is 0.199 e. The molecular weight excluding hydrogens is 248 g/mol. The van der Waals surface area contributed by atoms with Crippen LogP contribution in [0.5, 0.6) is 0 Å². The summed E-state index contributed by atoms with van der Waals surface area (Å²) < 4.78 is 11.4.